The lowest BCUT2D eigenvalue weighted by atomic mass is 10.1. The number of halogens is 1. The van der Waals surface area contributed by atoms with Gasteiger partial charge in [0, 0.05) is 19.2 Å². The first-order valence-electron chi connectivity index (χ1n) is 5.66. The number of benzene rings is 1. The van der Waals surface area contributed by atoms with E-state index in [1.165, 1.54) is 12.0 Å². The Balaban J connectivity index is 3.11. The number of alkyl halides is 1. The monoisotopic (exact) mass is 287 g/mol. The molecule has 1 amide bonds. The molecule has 5 nitrogen and oxygen atoms in total. The van der Waals surface area contributed by atoms with Crippen LogP contribution in [0.2, 0.25) is 0 Å². The van der Waals surface area contributed by atoms with Gasteiger partial charge in [0.2, 0.25) is 11.7 Å². The van der Waals surface area contributed by atoms with Crippen LogP contribution in [0.5, 0.6) is 17.2 Å². The zero-order valence-corrected chi connectivity index (χ0v) is 12.3. The summed E-state index contributed by atoms with van der Waals surface area (Å²) in [5, 5.41) is 0. The minimum absolute atomic E-state index is 0.0495. The van der Waals surface area contributed by atoms with E-state index in [9.17, 15) is 4.79 Å². The van der Waals surface area contributed by atoms with Gasteiger partial charge in [-0.05, 0) is 12.1 Å². The van der Waals surface area contributed by atoms with Crippen molar-refractivity contribution in [3.05, 3.63) is 17.7 Å². The summed E-state index contributed by atoms with van der Waals surface area (Å²) in [6, 6.07) is 3.61. The summed E-state index contributed by atoms with van der Waals surface area (Å²) in [5.74, 6) is 1.43. The van der Waals surface area contributed by atoms with Crippen LogP contribution in [0.15, 0.2) is 12.1 Å². The van der Waals surface area contributed by atoms with Crippen molar-refractivity contribution in [2.24, 2.45) is 0 Å². The van der Waals surface area contributed by atoms with Crippen molar-refractivity contribution in [3.63, 3.8) is 0 Å². The second kappa shape index (κ2) is 7.09. The summed E-state index contributed by atoms with van der Waals surface area (Å²) in [5.41, 5.74) is 0.820. The lowest BCUT2D eigenvalue weighted by molar-refractivity contribution is -0.127. The summed E-state index contributed by atoms with van der Waals surface area (Å²) in [6.07, 6.45) is 0. The van der Waals surface area contributed by atoms with E-state index in [0.29, 0.717) is 23.8 Å². The zero-order valence-electron chi connectivity index (χ0n) is 11.5. The normalized spacial score (nSPS) is 9.95. The molecule has 0 aliphatic heterocycles. The second-order valence-electron chi connectivity index (χ2n) is 3.88. The van der Waals surface area contributed by atoms with Gasteiger partial charge in [0.25, 0.3) is 0 Å². The summed E-state index contributed by atoms with van der Waals surface area (Å²) >= 11 is 5.53. The largest absolute Gasteiger partial charge is 0.493 e. The topological polar surface area (TPSA) is 48.0 Å². The first kappa shape index (κ1) is 15.4. The van der Waals surface area contributed by atoms with Gasteiger partial charge in [-0.2, -0.15) is 0 Å². The van der Waals surface area contributed by atoms with Crippen molar-refractivity contribution in [3.8, 4) is 17.2 Å². The highest BCUT2D eigenvalue weighted by Gasteiger charge is 2.18. The molecule has 106 valence electrons. The molecule has 0 bridgehead atoms. The molecular weight excluding hydrogens is 270 g/mol. The van der Waals surface area contributed by atoms with Gasteiger partial charge >= 0.3 is 0 Å². The van der Waals surface area contributed by atoms with Gasteiger partial charge in [-0.15, -0.1) is 11.6 Å². The van der Waals surface area contributed by atoms with E-state index in [2.05, 4.69) is 0 Å². The molecule has 0 fully saturated rings. The summed E-state index contributed by atoms with van der Waals surface area (Å²) < 4.78 is 15.8. The van der Waals surface area contributed by atoms with Gasteiger partial charge < -0.3 is 19.1 Å². The molecular formula is C13H18ClNO4. The summed E-state index contributed by atoms with van der Waals surface area (Å²) in [4.78, 5) is 13.0. The van der Waals surface area contributed by atoms with E-state index >= 15 is 0 Å². The van der Waals surface area contributed by atoms with Crippen molar-refractivity contribution >= 4 is 17.5 Å². The van der Waals surface area contributed by atoms with E-state index in [1.807, 2.05) is 6.07 Å². The fraction of sp³-hybridized carbons (Fsp3) is 0.462. The van der Waals surface area contributed by atoms with Gasteiger partial charge in [0.15, 0.2) is 11.5 Å². The van der Waals surface area contributed by atoms with Gasteiger partial charge in [0.1, 0.15) is 5.88 Å². The molecule has 1 aromatic carbocycles. The Kier molecular flexibility index (Phi) is 5.76. The van der Waals surface area contributed by atoms with Crippen LogP contribution in [-0.4, -0.2) is 45.1 Å². The van der Waals surface area contributed by atoms with Crippen LogP contribution in [0.3, 0.4) is 0 Å². The first-order chi connectivity index (χ1) is 9.08. The number of rotatable bonds is 6. The number of hydrogen-bond donors (Lipinski definition) is 0. The minimum Gasteiger partial charge on any atom is -0.493 e. The SMILES string of the molecule is COc1ccc(CN(C)C(=O)CCl)c(OC)c1OC. The number of carbonyl (C=O) groups excluding carboxylic acids is 1. The van der Waals surface area contributed by atoms with E-state index in [4.69, 9.17) is 25.8 Å². The van der Waals surface area contributed by atoms with E-state index in [0.717, 1.165) is 5.56 Å². The van der Waals surface area contributed by atoms with Crippen LogP contribution in [0.1, 0.15) is 5.56 Å². The third kappa shape index (κ3) is 3.44. The Hall–Kier alpha value is -1.62. The highest BCUT2D eigenvalue weighted by Crippen LogP contribution is 2.40. The number of amides is 1. The standard InChI is InChI=1S/C13H18ClNO4/c1-15(11(16)7-14)8-9-5-6-10(17-2)13(19-4)12(9)18-3/h5-6H,7-8H2,1-4H3. The average molecular weight is 288 g/mol. The fourth-order valence-electron chi connectivity index (χ4n) is 1.73. The van der Waals surface area contributed by atoms with Crippen molar-refractivity contribution in [2.45, 2.75) is 6.54 Å². The quantitative estimate of drug-likeness (QED) is 0.750. The van der Waals surface area contributed by atoms with E-state index < -0.39 is 0 Å². The predicted octanol–water partition coefficient (Wildman–Crippen LogP) is 1.91. The lowest BCUT2D eigenvalue weighted by Crippen LogP contribution is -2.27. The highest BCUT2D eigenvalue weighted by molar-refractivity contribution is 6.27. The lowest BCUT2D eigenvalue weighted by Gasteiger charge is -2.20. The molecule has 1 aromatic rings. The average Bonchev–Trinajstić information content (AvgIpc) is 2.45. The number of nitrogens with zero attached hydrogens (tertiary/aromatic N) is 1. The molecule has 1 rings (SSSR count). The number of ether oxygens (including phenoxy) is 3. The molecule has 6 heteroatoms. The summed E-state index contributed by atoms with van der Waals surface area (Å²) in [6.45, 7) is 0.384. The van der Waals surface area contributed by atoms with Gasteiger partial charge in [-0.3, -0.25) is 4.79 Å². The first-order valence-corrected chi connectivity index (χ1v) is 6.20. The molecule has 0 saturated carbocycles. The van der Waals surface area contributed by atoms with Crippen molar-refractivity contribution in [1.29, 1.82) is 0 Å². The summed E-state index contributed by atoms with van der Waals surface area (Å²) in [7, 11) is 6.32. The smallest absolute Gasteiger partial charge is 0.237 e. The van der Waals surface area contributed by atoms with Crippen molar-refractivity contribution in [2.75, 3.05) is 34.3 Å². The van der Waals surface area contributed by atoms with Crippen LogP contribution in [-0.2, 0) is 11.3 Å². The maximum atomic E-state index is 11.5. The van der Waals surface area contributed by atoms with Crippen molar-refractivity contribution < 1.29 is 19.0 Å². The maximum Gasteiger partial charge on any atom is 0.237 e. The zero-order chi connectivity index (χ0) is 14.4. The third-order valence-corrected chi connectivity index (χ3v) is 2.96. The van der Waals surface area contributed by atoms with E-state index in [1.54, 1.807) is 27.3 Å². The number of carbonyl (C=O) groups is 1. The van der Waals surface area contributed by atoms with Gasteiger partial charge in [-0.25, -0.2) is 0 Å². The van der Waals surface area contributed by atoms with Crippen LogP contribution in [0, 0.1) is 0 Å². The Bertz CT molecular complexity index is 451. The molecule has 0 spiro atoms. The third-order valence-electron chi connectivity index (χ3n) is 2.73. The molecule has 0 radical (unpaired) electrons. The Labute approximate surface area is 118 Å². The Morgan fingerprint density at radius 2 is 1.79 bits per heavy atom. The van der Waals surface area contributed by atoms with Crippen molar-refractivity contribution in [1.82, 2.24) is 4.90 Å². The molecule has 19 heavy (non-hydrogen) atoms. The maximum absolute atomic E-state index is 11.5. The molecule has 0 unspecified atom stereocenters. The van der Waals surface area contributed by atoms with Gasteiger partial charge in [0.05, 0.1) is 21.3 Å². The highest BCUT2D eigenvalue weighted by atomic mass is 35.5. The molecule has 0 saturated heterocycles. The Morgan fingerprint density at radius 3 is 2.26 bits per heavy atom. The van der Waals surface area contributed by atoms with Gasteiger partial charge in [-0.1, -0.05) is 0 Å². The fourth-order valence-corrected chi connectivity index (χ4v) is 1.94. The molecule has 0 atom stereocenters. The van der Waals surface area contributed by atoms with Crippen LogP contribution >= 0.6 is 11.6 Å². The van der Waals surface area contributed by atoms with Crippen LogP contribution in [0.4, 0.5) is 0 Å². The van der Waals surface area contributed by atoms with Crippen LogP contribution in [0.25, 0.3) is 0 Å². The number of methoxy groups -OCH3 is 3. The van der Waals surface area contributed by atoms with E-state index in [-0.39, 0.29) is 11.8 Å². The molecule has 0 aliphatic carbocycles. The molecule has 0 N–H and O–H groups in total. The minimum atomic E-state index is -0.154. The molecule has 0 aliphatic rings. The number of hydrogen-bond acceptors (Lipinski definition) is 4. The molecule has 0 aromatic heterocycles. The molecule has 0 heterocycles. The van der Waals surface area contributed by atoms with Crippen LogP contribution < -0.4 is 14.2 Å². The predicted molar refractivity (Wildman–Crippen MR) is 73.3 cm³/mol. The Morgan fingerprint density at radius 1 is 1.16 bits per heavy atom. The second-order valence-corrected chi connectivity index (χ2v) is 4.14.